The predicted octanol–water partition coefficient (Wildman–Crippen LogP) is 2.92. The Hall–Kier alpha value is -4.08. The summed E-state index contributed by atoms with van der Waals surface area (Å²) in [6.45, 7) is 3.39. The van der Waals surface area contributed by atoms with Crippen LogP contribution in [-0.2, 0) is 16.9 Å². The molecule has 1 aliphatic heterocycles. The lowest BCUT2D eigenvalue weighted by molar-refractivity contribution is -0.384. The van der Waals surface area contributed by atoms with E-state index in [0.29, 0.717) is 11.1 Å². The van der Waals surface area contributed by atoms with E-state index in [1.807, 2.05) is 19.1 Å². The standard InChI is InChI=1S/C20H17N5O5/c1-12-3-7-14(8-4-12)20(2)18(26)24(19(27)21-20)11-16-22-23-17(30-16)13-5-9-15(10-6-13)25(28)29/h3-10H,11H2,1-2H3,(H,21,27). The molecule has 2 heterocycles. The minimum Gasteiger partial charge on any atom is -0.419 e. The third-order valence-corrected chi connectivity index (χ3v) is 4.99. The van der Waals surface area contributed by atoms with Crippen molar-refractivity contribution in [2.75, 3.05) is 0 Å². The number of aromatic nitrogens is 2. The smallest absolute Gasteiger partial charge is 0.325 e. The number of hydrogen-bond acceptors (Lipinski definition) is 7. The van der Waals surface area contributed by atoms with Gasteiger partial charge in [0.2, 0.25) is 11.8 Å². The summed E-state index contributed by atoms with van der Waals surface area (Å²) in [5.74, 6) is -0.223. The minimum absolute atomic E-state index is 0.0618. The molecular formula is C20H17N5O5. The topological polar surface area (TPSA) is 131 Å². The molecule has 1 unspecified atom stereocenters. The Labute approximate surface area is 170 Å². The molecule has 30 heavy (non-hydrogen) atoms. The average Bonchev–Trinajstić information content (AvgIpc) is 3.28. The number of aryl methyl sites for hydroxylation is 1. The molecule has 1 N–H and O–H groups in total. The van der Waals surface area contributed by atoms with Crippen molar-refractivity contribution in [3.63, 3.8) is 0 Å². The zero-order chi connectivity index (χ0) is 21.5. The molecule has 1 atom stereocenters. The maximum Gasteiger partial charge on any atom is 0.325 e. The van der Waals surface area contributed by atoms with E-state index in [-0.39, 0.29) is 24.0 Å². The van der Waals surface area contributed by atoms with Crippen molar-refractivity contribution in [2.24, 2.45) is 0 Å². The van der Waals surface area contributed by atoms with Crippen LogP contribution in [0.4, 0.5) is 10.5 Å². The number of non-ortho nitro benzene ring substituents is 1. The molecular weight excluding hydrogens is 390 g/mol. The molecule has 3 amide bonds. The van der Waals surface area contributed by atoms with Gasteiger partial charge in [0.15, 0.2) is 0 Å². The number of nitrogens with zero attached hydrogens (tertiary/aromatic N) is 4. The monoisotopic (exact) mass is 407 g/mol. The zero-order valence-corrected chi connectivity index (χ0v) is 16.2. The Morgan fingerprint density at radius 2 is 1.77 bits per heavy atom. The number of carbonyl (C=O) groups is 2. The molecule has 10 nitrogen and oxygen atoms in total. The number of imide groups is 1. The molecule has 3 aromatic rings. The first kappa shape index (κ1) is 19.2. The predicted molar refractivity (Wildman–Crippen MR) is 104 cm³/mol. The lowest BCUT2D eigenvalue weighted by Gasteiger charge is -2.22. The van der Waals surface area contributed by atoms with Crippen LogP contribution in [0.5, 0.6) is 0 Å². The molecule has 0 aliphatic carbocycles. The molecule has 0 spiro atoms. The summed E-state index contributed by atoms with van der Waals surface area (Å²) in [7, 11) is 0. The number of nitro groups is 1. The molecule has 0 saturated carbocycles. The van der Waals surface area contributed by atoms with Gasteiger partial charge in [-0.15, -0.1) is 10.2 Å². The summed E-state index contributed by atoms with van der Waals surface area (Å²) in [4.78, 5) is 36.7. The quantitative estimate of drug-likeness (QED) is 0.391. The van der Waals surface area contributed by atoms with Crippen molar-refractivity contribution >= 4 is 17.6 Å². The maximum absolute atomic E-state index is 13.0. The second-order valence-electron chi connectivity index (χ2n) is 7.12. The lowest BCUT2D eigenvalue weighted by atomic mass is 9.91. The molecule has 4 rings (SSSR count). The van der Waals surface area contributed by atoms with E-state index in [9.17, 15) is 19.7 Å². The summed E-state index contributed by atoms with van der Waals surface area (Å²) >= 11 is 0. The van der Waals surface area contributed by atoms with Gasteiger partial charge in [-0.25, -0.2) is 4.79 Å². The van der Waals surface area contributed by atoms with Crippen LogP contribution in [0, 0.1) is 17.0 Å². The molecule has 10 heteroatoms. The Bertz CT molecular complexity index is 1140. The molecule has 152 valence electrons. The molecule has 1 aliphatic rings. The van der Waals surface area contributed by atoms with Crippen molar-refractivity contribution in [3.8, 4) is 11.5 Å². The van der Waals surface area contributed by atoms with Gasteiger partial charge in [-0.2, -0.15) is 0 Å². The number of nitrogens with one attached hydrogen (secondary N) is 1. The van der Waals surface area contributed by atoms with Crippen LogP contribution in [0.25, 0.3) is 11.5 Å². The summed E-state index contributed by atoms with van der Waals surface area (Å²) < 4.78 is 5.55. The first-order valence-electron chi connectivity index (χ1n) is 9.06. The number of amides is 3. The highest BCUT2D eigenvalue weighted by molar-refractivity contribution is 6.07. The van der Waals surface area contributed by atoms with E-state index >= 15 is 0 Å². The third kappa shape index (κ3) is 3.28. The fraction of sp³-hybridized carbons (Fsp3) is 0.200. The number of carbonyl (C=O) groups excluding carboxylic acids is 2. The van der Waals surface area contributed by atoms with Crippen molar-refractivity contribution in [2.45, 2.75) is 25.9 Å². The molecule has 1 saturated heterocycles. The van der Waals surface area contributed by atoms with Gasteiger partial charge < -0.3 is 9.73 Å². The Balaban J connectivity index is 1.53. The second kappa shape index (κ2) is 7.07. The van der Waals surface area contributed by atoms with Crippen LogP contribution >= 0.6 is 0 Å². The molecule has 2 aromatic carbocycles. The summed E-state index contributed by atoms with van der Waals surface area (Å²) in [6.07, 6.45) is 0. The fourth-order valence-electron chi connectivity index (χ4n) is 3.22. The molecule has 0 radical (unpaired) electrons. The van der Waals surface area contributed by atoms with Crippen molar-refractivity contribution < 1.29 is 18.9 Å². The lowest BCUT2D eigenvalue weighted by Crippen LogP contribution is -2.40. The Kier molecular flexibility index (Phi) is 4.53. The van der Waals surface area contributed by atoms with E-state index < -0.39 is 22.4 Å². The zero-order valence-electron chi connectivity index (χ0n) is 16.2. The fourth-order valence-corrected chi connectivity index (χ4v) is 3.22. The van der Waals surface area contributed by atoms with Crippen molar-refractivity contribution in [1.29, 1.82) is 0 Å². The van der Waals surface area contributed by atoms with Crippen LogP contribution in [-0.4, -0.2) is 32.0 Å². The number of benzene rings is 2. The van der Waals surface area contributed by atoms with Crippen molar-refractivity contribution in [1.82, 2.24) is 20.4 Å². The molecule has 0 bridgehead atoms. The van der Waals surface area contributed by atoms with Gasteiger partial charge in [0.1, 0.15) is 12.1 Å². The van der Waals surface area contributed by atoms with Crippen LogP contribution in [0.15, 0.2) is 52.9 Å². The van der Waals surface area contributed by atoms with Crippen molar-refractivity contribution in [3.05, 3.63) is 75.7 Å². The number of hydrogen-bond donors (Lipinski definition) is 1. The van der Waals surface area contributed by atoms with Crippen LogP contribution in [0.2, 0.25) is 0 Å². The third-order valence-electron chi connectivity index (χ3n) is 4.99. The van der Waals surface area contributed by atoms with E-state index in [4.69, 9.17) is 4.42 Å². The average molecular weight is 407 g/mol. The summed E-state index contributed by atoms with van der Waals surface area (Å²) in [6, 6.07) is 12.4. The van der Waals surface area contributed by atoms with Gasteiger partial charge in [0.05, 0.1) is 4.92 Å². The van der Waals surface area contributed by atoms with Crippen LogP contribution in [0.3, 0.4) is 0 Å². The normalized spacial score (nSPS) is 18.5. The summed E-state index contributed by atoms with van der Waals surface area (Å²) in [5, 5.41) is 21.3. The van der Waals surface area contributed by atoms with E-state index in [1.54, 1.807) is 19.1 Å². The highest BCUT2D eigenvalue weighted by atomic mass is 16.6. The molecule has 1 fully saturated rings. The first-order chi connectivity index (χ1) is 14.3. The van der Waals surface area contributed by atoms with Gasteiger partial charge in [-0.05, 0) is 31.5 Å². The SMILES string of the molecule is Cc1ccc(C2(C)NC(=O)N(Cc3nnc(-c4ccc([N+](=O)[O-])cc4)o3)C2=O)cc1. The van der Waals surface area contributed by atoms with Gasteiger partial charge >= 0.3 is 6.03 Å². The number of nitro benzene ring substituents is 1. The Morgan fingerprint density at radius 1 is 1.10 bits per heavy atom. The van der Waals surface area contributed by atoms with E-state index in [1.165, 1.54) is 24.3 Å². The maximum atomic E-state index is 13.0. The second-order valence-corrected chi connectivity index (χ2v) is 7.12. The van der Waals surface area contributed by atoms with Crippen LogP contribution in [0.1, 0.15) is 23.9 Å². The Morgan fingerprint density at radius 3 is 2.40 bits per heavy atom. The van der Waals surface area contributed by atoms with Crippen LogP contribution < -0.4 is 5.32 Å². The first-order valence-corrected chi connectivity index (χ1v) is 9.06. The minimum atomic E-state index is -1.19. The van der Waals surface area contributed by atoms with Gasteiger partial charge in [-0.1, -0.05) is 29.8 Å². The highest BCUT2D eigenvalue weighted by Crippen LogP contribution is 2.30. The van der Waals surface area contributed by atoms with Gasteiger partial charge in [-0.3, -0.25) is 19.8 Å². The molecule has 1 aromatic heterocycles. The highest BCUT2D eigenvalue weighted by Gasteiger charge is 2.49. The van der Waals surface area contributed by atoms with E-state index in [2.05, 4.69) is 15.5 Å². The summed E-state index contributed by atoms with van der Waals surface area (Å²) in [5.41, 5.74) is 0.951. The van der Waals surface area contributed by atoms with Gasteiger partial charge in [0.25, 0.3) is 11.6 Å². The number of rotatable bonds is 5. The largest absolute Gasteiger partial charge is 0.419 e. The number of urea groups is 1. The van der Waals surface area contributed by atoms with Gasteiger partial charge in [0, 0.05) is 17.7 Å². The van der Waals surface area contributed by atoms with E-state index in [0.717, 1.165) is 10.5 Å².